The van der Waals surface area contributed by atoms with Gasteiger partial charge in [0.2, 0.25) is 0 Å². The van der Waals surface area contributed by atoms with E-state index < -0.39 is 23.4 Å². The van der Waals surface area contributed by atoms with Gasteiger partial charge < -0.3 is 19.5 Å². The molecule has 1 aliphatic heterocycles. The Balaban J connectivity index is 1.92. The van der Waals surface area contributed by atoms with E-state index in [-0.39, 0.29) is 12.0 Å². The van der Waals surface area contributed by atoms with Gasteiger partial charge in [-0.3, -0.25) is 0 Å². The molecule has 152 valence electrons. The zero-order valence-electron chi connectivity index (χ0n) is 17.1. The van der Waals surface area contributed by atoms with Gasteiger partial charge in [0, 0.05) is 19.3 Å². The van der Waals surface area contributed by atoms with Crippen molar-refractivity contribution < 1.29 is 24.2 Å². The van der Waals surface area contributed by atoms with Gasteiger partial charge in [-0.2, -0.15) is 0 Å². The summed E-state index contributed by atoms with van der Waals surface area (Å²) >= 11 is 0. The minimum Gasteiger partial charge on any atom is -0.444 e. The van der Waals surface area contributed by atoms with Crippen LogP contribution in [0.5, 0.6) is 0 Å². The summed E-state index contributed by atoms with van der Waals surface area (Å²) in [6.07, 6.45) is 2.47. The van der Waals surface area contributed by atoms with Crippen LogP contribution in [0.25, 0.3) is 0 Å². The van der Waals surface area contributed by atoms with E-state index in [2.05, 4.69) is 4.98 Å². The molecule has 0 bridgehead atoms. The summed E-state index contributed by atoms with van der Waals surface area (Å²) in [5.74, 6) is -0.0364. The zero-order valence-corrected chi connectivity index (χ0v) is 17.1. The maximum absolute atomic E-state index is 12.1. The predicted octanol–water partition coefficient (Wildman–Crippen LogP) is 3.35. The number of aromatic nitrogens is 2. The molecule has 8 heteroatoms. The molecule has 1 atom stereocenters. The molecule has 0 radical (unpaired) electrons. The maximum atomic E-state index is 12.1. The van der Waals surface area contributed by atoms with E-state index in [4.69, 9.17) is 9.47 Å². The number of hydrogen-bond acceptors (Lipinski definition) is 6. The molecule has 1 saturated heterocycles. The van der Waals surface area contributed by atoms with E-state index in [1.165, 1.54) is 17.1 Å². The van der Waals surface area contributed by atoms with Crippen molar-refractivity contribution in [2.45, 2.75) is 71.7 Å². The number of aliphatic hydroxyl groups is 1. The van der Waals surface area contributed by atoms with Crippen molar-refractivity contribution >= 4 is 12.2 Å². The third-order valence-corrected chi connectivity index (χ3v) is 4.15. The lowest BCUT2D eigenvalue weighted by atomic mass is 9.90. The quantitative estimate of drug-likeness (QED) is 0.844. The molecule has 1 aliphatic rings. The largest absolute Gasteiger partial charge is 0.444 e. The monoisotopic (exact) mass is 381 g/mol. The number of hydrogen-bond donors (Lipinski definition) is 1. The highest BCUT2D eigenvalue weighted by atomic mass is 16.6. The number of aliphatic hydroxyl groups excluding tert-OH is 1. The second-order valence-electron chi connectivity index (χ2n) is 8.94. The topological polar surface area (TPSA) is 93.9 Å². The molecule has 1 aromatic rings. The van der Waals surface area contributed by atoms with Crippen LogP contribution in [0, 0.1) is 5.92 Å². The van der Waals surface area contributed by atoms with Crippen molar-refractivity contribution in [3.05, 3.63) is 18.2 Å². The molecule has 8 nitrogen and oxygen atoms in total. The van der Waals surface area contributed by atoms with Gasteiger partial charge in [-0.25, -0.2) is 19.1 Å². The molecule has 0 unspecified atom stereocenters. The zero-order chi connectivity index (χ0) is 20.4. The second-order valence-corrected chi connectivity index (χ2v) is 8.94. The number of likely N-dealkylation sites (tertiary alicyclic amines) is 1. The number of rotatable bonds is 2. The minimum absolute atomic E-state index is 0.0364. The highest BCUT2D eigenvalue weighted by molar-refractivity contribution is 5.70. The van der Waals surface area contributed by atoms with E-state index in [1.54, 1.807) is 25.7 Å². The first-order valence-corrected chi connectivity index (χ1v) is 9.29. The normalized spacial score (nSPS) is 17.5. The summed E-state index contributed by atoms with van der Waals surface area (Å²) in [6, 6.07) is 0. The molecule has 1 amide bonds. The van der Waals surface area contributed by atoms with E-state index in [0.29, 0.717) is 31.6 Å². The van der Waals surface area contributed by atoms with Crippen molar-refractivity contribution in [2.24, 2.45) is 5.92 Å². The van der Waals surface area contributed by atoms with Gasteiger partial charge in [-0.15, -0.1) is 0 Å². The second kappa shape index (κ2) is 7.88. The number of ether oxygens (including phenoxy) is 2. The van der Waals surface area contributed by atoms with Crippen molar-refractivity contribution in [2.75, 3.05) is 13.1 Å². The average molecular weight is 381 g/mol. The summed E-state index contributed by atoms with van der Waals surface area (Å²) < 4.78 is 11.9. The van der Waals surface area contributed by atoms with Gasteiger partial charge in [0.15, 0.2) is 0 Å². The molecule has 2 heterocycles. The Morgan fingerprint density at radius 1 is 1.07 bits per heavy atom. The van der Waals surface area contributed by atoms with Crippen LogP contribution >= 0.6 is 0 Å². The van der Waals surface area contributed by atoms with Gasteiger partial charge in [-0.05, 0) is 60.3 Å². The van der Waals surface area contributed by atoms with Crippen LogP contribution in [0.4, 0.5) is 9.59 Å². The highest BCUT2D eigenvalue weighted by Crippen LogP contribution is 2.30. The van der Waals surface area contributed by atoms with Gasteiger partial charge >= 0.3 is 12.2 Å². The number of imidazole rings is 1. The summed E-state index contributed by atoms with van der Waals surface area (Å²) in [6.45, 7) is 11.9. The van der Waals surface area contributed by atoms with Crippen molar-refractivity contribution in [3.63, 3.8) is 0 Å². The Labute approximate surface area is 160 Å². The Kier molecular flexibility index (Phi) is 6.19. The molecule has 1 aromatic heterocycles. The Morgan fingerprint density at radius 2 is 1.59 bits per heavy atom. The SMILES string of the molecule is CC(C)(C)OC(=O)N1CCC([C@H](O)c2cn(C(=O)OC(C)(C)C)cn2)CC1. The number of carbonyl (C=O) groups excluding carboxylic acids is 2. The molecule has 0 aromatic carbocycles. The van der Waals surface area contributed by atoms with Crippen LogP contribution in [0.3, 0.4) is 0 Å². The predicted molar refractivity (Wildman–Crippen MR) is 99.3 cm³/mol. The van der Waals surface area contributed by atoms with Crippen LogP contribution in [0.2, 0.25) is 0 Å². The molecule has 27 heavy (non-hydrogen) atoms. The average Bonchev–Trinajstić information content (AvgIpc) is 3.01. The molecular weight excluding hydrogens is 350 g/mol. The van der Waals surface area contributed by atoms with E-state index in [9.17, 15) is 14.7 Å². The van der Waals surface area contributed by atoms with Gasteiger partial charge in [-0.1, -0.05) is 0 Å². The van der Waals surface area contributed by atoms with Crippen molar-refractivity contribution in [3.8, 4) is 0 Å². The fourth-order valence-corrected chi connectivity index (χ4v) is 2.87. The minimum atomic E-state index is -0.797. The fraction of sp³-hybridized carbons (Fsp3) is 0.737. The van der Waals surface area contributed by atoms with E-state index >= 15 is 0 Å². The third kappa shape index (κ3) is 6.23. The molecule has 0 aliphatic carbocycles. The smallest absolute Gasteiger partial charge is 0.419 e. The van der Waals surface area contributed by atoms with Gasteiger partial charge in [0.05, 0.1) is 5.69 Å². The Hall–Kier alpha value is -2.09. The fourth-order valence-electron chi connectivity index (χ4n) is 2.87. The van der Waals surface area contributed by atoms with Crippen LogP contribution in [0.15, 0.2) is 12.5 Å². The van der Waals surface area contributed by atoms with Crippen LogP contribution < -0.4 is 0 Å². The lowest BCUT2D eigenvalue weighted by molar-refractivity contribution is 0.00712. The van der Waals surface area contributed by atoms with Crippen molar-refractivity contribution in [1.29, 1.82) is 0 Å². The summed E-state index contributed by atoms with van der Waals surface area (Å²) in [5, 5.41) is 10.6. The first-order chi connectivity index (χ1) is 12.4. The number of piperidine rings is 1. The number of carbonyl (C=O) groups is 2. The Morgan fingerprint density at radius 3 is 2.11 bits per heavy atom. The lowest BCUT2D eigenvalue weighted by Gasteiger charge is -2.34. The highest BCUT2D eigenvalue weighted by Gasteiger charge is 2.31. The number of nitrogens with zero attached hydrogens (tertiary/aromatic N) is 3. The Bertz CT molecular complexity index is 664. The molecule has 1 fully saturated rings. The molecule has 0 saturated carbocycles. The van der Waals surface area contributed by atoms with Gasteiger partial charge in [0.25, 0.3) is 0 Å². The summed E-state index contributed by atoms with van der Waals surface area (Å²) in [4.78, 5) is 30.0. The summed E-state index contributed by atoms with van der Waals surface area (Å²) in [7, 11) is 0. The maximum Gasteiger partial charge on any atom is 0.419 e. The molecule has 0 spiro atoms. The first-order valence-electron chi connectivity index (χ1n) is 9.29. The molecule has 1 N–H and O–H groups in total. The first kappa shape index (κ1) is 21.2. The van der Waals surface area contributed by atoms with Crippen molar-refractivity contribution in [1.82, 2.24) is 14.5 Å². The third-order valence-electron chi connectivity index (χ3n) is 4.15. The molecule has 2 rings (SSSR count). The van der Waals surface area contributed by atoms with Gasteiger partial charge in [0.1, 0.15) is 23.6 Å². The van der Waals surface area contributed by atoms with E-state index in [1.807, 2.05) is 20.8 Å². The van der Waals surface area contributed by atoms with Crippen LogP contribution in [-0.2, 0) is 9.47 Å². The van der Waals surface area contributed by atoms with Crippen LogP contribution in [-0.4, -0.2) is 56.0 Å². The van der Waals surface area contributed by atoms with Crippen LogP contribution in [0.1, 0.15) is 66.2 Å². The number of amides is 1. The lowest BCUT2D eigenvalue weighted by Crippen LogP contribution is -2.42. The molecular formula is C19H31N3O5. The standard InChI is InChI=1S/C19H31N3O5/c1-18(2,3)26-16(24)21-9-7-13(8-10-21)15(23)14-11-22(12-20-14)17(25)27-19(4,5)6/h11-13,15,23H,7-10H2,1-6H3/t15-/m0/s1. The summed E-state index contributed by atoms with van der Waals surface area (Å²) in [5.41, 5.74) is -0.701. The van der Waals surface area contributed by atoms with E-state index in [0.717, 1.165) is 0 Å².